The third kappa shape index (κ3) is 4.97. The molecule has 0 saturated carbocycles. The molecule has 0 radical (unpaired) electrons. The highest BCUT2D eigenvalue weighted by Gasteiger charge is 2.24. The first-order chi connectivity index (χ1) is 13.5. The summed E-state index contributed by atoms with van der Waals surface area (Å²) in [5, 5.41) is 1.81. The number of sulfonamides is 1. The molecule has 0 spiro atoms. The molecule has 146 valence electrons. The molecule has 3 aromatic rings. The van der Waals surface area contributed by atoms with Crippen molar-refractivity contribution < 1.29 is 17.9 Å². The van der Waals surface area contributed by atoms with Crippen LogP contribution in [-0.2, 0) is 26.0 Å². The van der Waals surface area contributed by atoms with E-state index in [1.807, 2.05) is 54.6 Å². The normalized spacial score (nSPS) is 12.6. The molecule has 5 nitrogen and oxygen atoms in total. The average molecular weight is 397 g/mol. The molecule has 0 aromatic heterocycles. The molecule has 0 aliphatic heterocycles. The van der Waals surface area contributed by atoms with E-state index >= 15 is 0 Å². The summed E-state index contributed by atoms with van der Waals surface area (Å²) in [6.45, 7) is 1.96. The lowest BCUT2D eigenvalue weighted by Gasteiger charge is -2.17. The van der Waals surface area contributed by atoms with Crippen molar-refractivity contribution in [1.29, 1.82) is 0 Å². The molecular formula is C22H23NO4S. The lowest BCUT2D eigenvalue weighted by molar-refractivity contribution is -0.147. The Kier molecular flexibility index (Phi) is 6.44. The fraction of sp³-hybridized carbons (Fsp3) is 0.227. The van der Waals surface area contributed by atoms with E-state index in [-0.39, 0.29) is 18.0 Å². The number of nitrogens with one attached hydrogen (secondary N) is 1. The van der Waals surface area contributed by atoms with E-state index in [0.717, 1.165) is 16.3 Å². The van der Waals surface area contributed by atoms with Crippen LogP contribution in [0.1, 0.15) is 12.5 Å². The van der Waals surface area contributed by atoms with Gasteiger partial charge in [0.05, 0.1) is 17.4 Å². The van der Waals surface area contributed by atoms with Crippen molar-refractivity contribution in [3.8, 4) is 0 Å². The minimum atomic E-state index is -3.75. The summed E-state index contributed by atoms with van der Waals surface area (Å²) in [5.74, 6) is -1.01. The summed E-state index contributed by atoms with van der Waals surface area (Å²) in [7, 11) is -3.75. The van der Waals surface area contributed by atoms with E-state index < -0.39 is 21.9 Å². The van der Waals surface area contributed by atoms with Gasteiger partial charge in [0.25, 0.3) is 0 Å². The van der Waals surface area contributed by atoms with Gasteiger partial charge in [0, 0.05) is 6.54 Å². The van der Waals surface area contributed by atoms with Gasteiger partial charge >= 0.3 is 5.97 Å². The van der Waals surface area contributed by atoms with Gasteiger partial charge in [0.15, 0.2) is 0 Å². The van der Waals surface area contributed by atoms with Crippen LogP contribution in [0, 0.1) is 5.92 Å². The van der Waals surface area contributed by atoms with Crippen LogP contribution in [0.25, 0.3) is 10.8 Å². The van der Waals surface area contributed by atoms with Gasteiger partial charge in [-0.2, -0.15) is 0 Å². The molecule has 28 heavy (non-hydrogen) atoms. The van der Waals surface area contributed by atoms with Crippen LogP contribution < -0.4 is 4.72 Å². The fourth-order valence-corrected chi connectivity index (χ4v) is 4.14. The fourth-order valence-electron chi connectivity index (χ4n) is 3.03. The molecule has 0 saturated heterocycles. The molecule has 6 heteroatoms. The highest BCUT2D eigenvalue weighted by atomic mass is 32.2. The molecule has 0 amide bonds. The van der Waals surface area contributed by atoms with Crippen LogP contribution in [-0.4, -0.2) is 27.5 Å². The molecule has 1 atom stereocenters. The Morgan fingerprint density at radius 3 is 2.36 bits per heavy atom. The standard InChI is InChI=1S/C22H23NO4S/c1-2-27-22(24)20(14-17-8-4-3-5-9-17)16-23-28(25,26)21-13-12-18-10-6-7-11-19(18)15-21/h3-13,15,20,23H,2,14,16H2,1H3. The lowest BCUT2D eigenvalue weighted by atomic mass is 10.00. The number of carbonyl (C=O) groups is 1. The van der Waals surface area contributed by atoms with Crippen LogP contribution in [0.5, 0.6) is 0 Å². The van der Waals surface area contributed by atoms with Crippen LogP contribution in [0.3, 0.4) is 0 Å². The number of benzene rings is 3. The Balaban J connectivity index is 1.77. The first kappa shape index (κ1) is 20.0. The van der Waals surface area contributed by atoms with Gasteiger partial charge in [0.2, 0.25) is 10.0 Å². The number of hydrogen-bond acceptors (Lipinski definition) is 4. The number of carbonyl (C=O) groups excluding carboxylic acids is 1. The minimum absolute atomic E-state index is 0.0249. The van der Waals surface area contributed by atoms with Crippen molar-refractivity contribution in [2.24, 2.45) is 5.92 Å². The Labute approximate surface area is 165 Å². The third-order valence-electron chi connectivity index (χ3n) is 4.50. The smallest absolute Gasteiger partial charge is 0.310 e. The number of rotatable bonds is 8. The van der Waals surface area contributed by atoms with Gasteiger partial charge in [-0.15, -0.1) is 0 Å². The number of ether oxygens (including phenoxy) is 1. The topological polar surface area (TPSA) is 72.5 Å². The summed E-state index contributed by atoms with van der Waals surface area (Å²) in [5.41, 5.74) is 0.949. The van der Waals surface area contributed by atoms with Crippen molar-refractivity contribution in [2.45, 2.75) is 18.2 Å². The van der Waals surface area contributed by atoms with Crippen LogP contribution in [0.15, 0.2) is 77.7 Å². The summed E-state index contributed by atoms with van der Waals surface area (Å²) in [4.78, 5) is 12.5. The molecule has 1 N–H and O–H groups in total. The second kappa shape index (κ2) is 8.99. The molecule has 0 heterocycles. The highest BCUT2D eigenvalue weighted by Crippen LogP contribution is 2.19. The quantitative estimate of drug-likeness (QED) is 0.590. The maximum Gasteiger partial charge on any atom is 0.310 e. The van der Waals surface area contributed by atoms with Crippen molar-refractivity contribution in [2.75, 3.05) is 13.2 Å². The van der Waals surface area contributed by atoms with Crippen LogP contribution in [0.2, 0.25) is 0 Å². The average Bonchev–Trinajstić information content (AvgIpc) is 2.71. The molecule has 0 fully saturated rings. The maximum absolute atomic E-state index is 12.7. The van der Waals surface area contributed by atoms with Gasteiger partial charge in [0.1, 0.15) is 0 Å². The van der Waals surface area contributed by atoms with E-state index in [4.69, 9.17) is 4.74 Å². The molecule has 1 unspecified atom stereocenters. The van der Waals surface area contributed by atoms with E-state index in [0.29, 0.717) is 6.42 Å². The lowest BCUT2D eigenvalue weighted by Crippen LogP contribution is -2.35. The minimum Gasteiger partial charge on any atom is -0.466 e. The zero-order valence-corrected chi connectivity index (χ0v) is 16.5. The Hall–Kier alpha value is -2.70. The largest absolute Gasteiger partial charge is 0.466 e. The Bertz CT molecular complexity index is 1050. The third-order valence-corrected chi connectivity index (χ3v) is 5.92. The van der Waals surface area contributed by atoms with Gasteiger partial charge in [-0.3, -0.25) is 4.79 Å². The van der Waals surface area contributed by atoms with Gasteiger partial charge in [-0.1, -0.05) is 60.7 Å². The van der Waals surface area contributed by atoms with Crippen LogP contribution in [0.4, 0.5) is 0 Å². The summed E-state index contributed by atoms with van der Waals surface area (Å²) >= 11 is 0. The molecular weight excluding hydrogens is 374 g/mol. The zero-order chi connectivity index (χ0) is 20.0. The van der Waals surface area contributed by atoms with Crippen molar-refractivity contribution >= 4 is 26.8 Å². The predicted octanol–water partition coefficient (Wildman–Crippen LogP) is 3.54. The molecule has 0 bridgehead atoms. The van der Waals surface area contributed by atoms with Crippen molar-refractivity contribution in [1.82, 2.24) is 4.72 Å². The van der Waals surface area contributed by atoms with Gasteiger partial charge in [-0.05, 0) is 41.8 Å². The molecule has 3 rings (SSSR count). The zero-order valence-electron chi connectivity index (χ0n) is 15.7. The van der Waals surface area contributed by atoms with E-state index in [1.54, 1.807) is 25.1 Å². The second-order valence-electron chi connectivity index (χ2n) is 6.50. The molecule has 3 aromatic carbocycles. The Morgan fingerprint density at radius 1 is 0.964 bits per heavy atom. The summed E-state index contributed by atoms with van der Waals surface area (Å²) in [6, 6.07) is 22.0. The predicted molar refractivity (Wildman–Crippen MR) is 109 cm³/mol. The first-order valence-corrected chi connectivity index (χ1v) is 10.7. The number of fused-ring (bicyclic) bond motifs is 1. The first-order valence-electron chi connectivity index (χ1n) is 9.18. The van der Waals surface area contributed by atoms with E-state index in [9.17, 15) is 13.2 Å². The molecule has 0 aliphatic carbocycles. The van der Waals surface area contributed by atoms with Gasteiger partial charge in [-0.25, -0.2) is 13.1 Å². The van der Waals surface area contributed by atoms with Gasteiger partial charge < -0.3 is 4.74 Å². The van der Waals surface area contributed by atoms with Crippen molar-refractivity contribution in [3.05, 3.63) is 78.4 Å². The van der Waals surface area contributed by atoms with E-state index in [2.05, 4.69) is 4.72 Å². The maximum atomic E-state index is 12.7. The van der Waals surface area contributed by atoms with E-state index in [1.165, 1.54) is 0 Å². The SMILES string of the molecule is CCOC(=O)C(CNS(=O)(=O)c1ccc2ccccc2c1)Cc1ccccc1. The second-order valence-corrected chi connectivity index (χ2v) is 8.27. The Morgan fingerprint density at radius 2 is 1.64 bits per heavy atom. The summed E-state index contributed by atoms with van der Waals surface area (Å²) in [6.07, 6.45) is 0.403. The van der Waals surface area contributed by atoms with Crippen LogP contribution >= 0.6 is 0 Å². The number of hydrogen-bond donors (Lipinski definition) is 1. The monoisotopic (exact) mass is 397 g/mol. The molecule has 0 aliphatic rings. The van der Waals surface area contributed by atoms with Crippen molar-refractivity contribution in [3.63, 3.8) is 0 Å². The summed E-state index contributed by atoms with van der Waals surface area (Å²) < 4.78 is 33.2. The highest BCUT2D eigenvalue weighted by molar-refractivity contribution is 7.89. The number of esters is 1.